The van der Waals surface area contributed by atoms with Crippen LogP contribution in [-0.4, -0.2) is 23.9 Å². The van der Waals surface area contributed by atoms with E-state index in [0.29, 0.717) is 5.69 Å². The molecule has 0 saturated heterocycles. The Morgan fingerprint density at radius 1 is 1.29 bits per heavy atom. The van der Waals surface area contributed by atoms with E-state index in [0.717, 1.165) is 17.3 Å². The van der Waals surface area contributed by atoms with Crippen molar-refractivity contribution in [1.82, 2.24) is 9.78 Å². The van der Waals surface area contributed by atoms with Gasteiger partial charge in [0.25, 0.3) is 0 Å². The second-order valence-corrected chi connectivity index (χ2v) is 3.84. The van der Waals surface area contributed by atoms with E-state index in [4.69, 9.17) is 10.5 Å². The number of nitrogens with zero attached hydrogens (tertiary/aromatic N) is 3. The zero-order valence-electron chi connectivity index (χ0n) is 10.2. The van der Waals surface area contributed by atoms with Crippen LogP contribution in [0, 0.1) is 0 Å². The number of hydrogen-bond acceptors (Lipinski definition) is 4. The van der Waals surface area contributed by atoms with Crippen LogP contribution in [0.15, 0.2) is 30.5 Å². The monoisotopic (exact) mass is 232 g/mol. The third-order valence-corrected chi connectivity index (χ3v) is 2.61. The van der Waals surface area contributed by atoms with Crippen molar-refractivity contribution in [1.29, 1.82) is 0 Å². The van der Waals surface area contributed by atoms with Gasteiger partial charge in [0.2, 0.25) is 0 Å². The van der Waals surface area contributed by atoms with Crippen molar-refractivity contribution in [2.75, 3.05) is 24.8 Å². The van der Waals surface area contributed by atoms with Crippen molar-refractivity contribution in [3.63, 3.8) is 0 Å². The van der Waals surface area contributed by atoms with Crippen LogP contribution in [0.5, 0.6) is 5.75 Å². The maximum Gasteiger partial charge on any atom is 0.178 e. The van der Waals surface area contributed by atoms with Crippen molar-refractivity contribution in [3.8, 4) is 5.75 Å². The zero-order valence-corrected chi connectivity index (χ0v) is 10.2. The van der Waals surface area contributed by atoms with Crippen molar-refractivity contribution in [2.24, 2.45) is 7.05 Å². The first-order valence-corrected chi connectivity index (χ1v) is 5.28. The van der Waals surface area contributed by atoms with E-state index in [-0.39, 0.29) is 0 Å². The van der Waals surface area contributed by atoms with Crippen molar-refractivity contribution in [3.05, 3.63) is 30.5 Å². The molecule has 5 nitrogen and oxygen atoms in total. The summed E-state index contributed by atoms with van der Waals surface area (Å²) >= 11 is 0. The third-order valence-electron chi connectivity index (χ3n) is 2.61. The van der Waals surface area contributed by atoms with Gasteiger partial charge in [0.15, 0.2) is 5.82 Å². The van der Waals surface area contributed by atoms with Crippen molar-refractivity contribution in [2.45, 2.75) is 0 Å². The van der Waals surface area contributed by atoms with Gasteiger partial charge in [-0.25, -0.2) is 0 Å². The summed E-state index contributed by atoms with van der Waals surface area (Å²) in [7, 11) is 5.43. The Hall–Kier alpha value is -2.17. The van der Waals surface area contributed by atoms with E-state index in [1.165, 1.54) is 0 Å². The fraction of sp³-hybridized carbons (Fsp3) is 0.250. The highest BCUT2D eigenvalue weighted by Gasteiger charge is 2.11. The van der Waals surface area contributed by atoms with E-state index >= 15 is 0 Å². The first-order chi connectivity index (χ1) is 8.11. The summed E-state index contributed by atoms with van der Waals surface area (Å²) < 4.78 is 6.82. The molecule has 0 fully saturated rings. The number of aromatic nitrogens is 2. The molecule has 5 heteroatoms. The van der Waals surface area contributed by atoms with Gasteiger partial charge in [-0.2, -0.15) is 5.10 Å². The van der Waals surface area contributed by atoms with E-state index in [9.17, 15) is 0 Å². The van der Waals surface area contributed by atoms with Crippen LogP contribution in [0.3, 0.4) is 0 Å². The molecule has 0 aliphatic rings. The predicted octanol–water partition coefficient (Wildman–Crippen LogP) is 1.78. The summed E-state index contributed by atoms with van der Waals surface area (Å²) in [6.45, 7) is 0. The van der Waals surface area contributed by atoms with Crippen LogP contribution in [0.2, 0.25) is 0 Å². The first-order valence-electron chi connectivity index (χ1n) is 5.28. The van der Waals surface area contributed by atoms with E-state index < -0.39 is 0 Å². The Labute approximate surface area is 100 Å². The van der Waals surface area contributed by atoms with E-state index in [2.05, 4.69) is 5.10 Å². The van der Waals surface area contributed by atoms with Crippen LogP contribution < -0.4 is 15.4 Å². The molecule has 2 rings (SSSR count). The normalized spacial score (nSPS) is 10.3. The molecule has 0 amide bonds. The van der Waals surface area contributed by atoms with E-state index in [1.807, 2.05) is 43.3 Å². The summed E-state index contributed by atoms with van der Waals surface area (Å²) in [5.41, 5.74) is 7.55. The molecule has 0 saturated carbocycles. The average Bonchev–Trinajstić information content (AvgIpc) is 2.68. The fourth-order valence-corrected chi connectivity index (χ4v) is 1.68. The lowest BCUT2D eigenvalue weighted by Crippen LogP contribution is -2.11. The van der Waals surface area contributed by atoms with Gasteiger partial charge in [0.1, 0.15) is 5.75 Å². The number of rotatable bonds is 3. The van der Waals surface area contributed by atoms with Gasteiger partial charge >= 0.3 is 0 Å². The molecular formula is C12H16N4O. The topological polar surface area (TPSA) is 56.3 Å². The molecule has 90 valence electrons. The molecular weight excluding hydrogens is 216 g/mol. The summed E-state index contributed by atoms with van der Waals surface area (Å²) in [4.78, 5) is 1.94. The number of methoxy groups -OCH3 is 1. The minimum atomic E-state index is 0.658. The number of benzene rings is 1. The number of anilines is 3. The standard InChI is InChI=1S/C12H16N4O/c1-15-8-11(13)12(14-15)16(2)9-4-6-10(17-3)7-5-9/h4-8H,13H2,1-3H3. The lowest BCUT2D eigenvalue weighted by atomic mass is 10.3. The summed E-state index contributed by atoms with van der Waals surface area (Å²) in [6.07, 6.45) is 1.79. The van der Waals surface area contributed by atoms with Gasteiger partial charge in [0, 0.05) is 26.0 Å². The van der Waals surface area contributed by atoms with Gasteiger partial charge in [-0.05, 0) is 24.3 Å². The lowest BCUT2D eigenvalue weighted by Gasteiger charge is -2.17. The molecule has 17 heavy (non-hydrogen) atoms. The number of nitrogens with two attached hydrogens (primary N) is 1. The maximum atomic E-state index is 5.89. The van der Waals surface area contributed by atoms with Crippen LogP contribution in [0.4, 0.5) is 17.2 Å². The SMILES string of the molecule is COc1ccc(N(C)c2nn(C)cc2N)cc1. The Bertz CT molecular complexity index is 504. The average molecular weight is 232 g/mol. The molecule has 0 unspecified atom stereocenters. The second-order valence-electron chi connectivity index (χ2n) is 3.84. The van der Waals surface area contributed by atoms with E-state index in [1.54, 1.807) is 18.0 Å². The summed E-state index contributed by atoms with van der Waals surface area (Å²) in [5, 5.41) is 4.32. The molecule has 0 aliphatic carbocycles. The molecule has 0 atom stereocenters. The number of ether oxygens (including phenoxy) is 1. The van der Waals surface area contributed by atoms with Gasteiger partial charge in [0.05, 0.1) is 12.8 Å². The van der Waals surface area contributed by atoms with Crippen LogP contribution in [-0.2, 0) is 7.05 Å². The van der Waals surface area contributed by atoms with Gasteiger partial charge in [-0.15, -0.1) is 0 Å². The minimum absolute atomic E-state index is 0.658. The molecule has 2 aromatic rings. The molecule has 0 radical (unpaired) electrons. The maximum absolute atomic E-state index is 5.89. The summed E-state index contributed by atoms with van der Waals surface area (Å²) in [5.74, 6) is 1.58. The van der Waals surface area contributed by atoms with Gasteiger partial charge < -0.3 is 15.4 Å². The quantitative estimate of drug-likeness (QED) is 0.876. The number of aryl methyl sites for hydroxylation is 1. The largest absolute Gasteiger partial charge is 0.497 e. The lowest BCUT2D eigenvalue weighted by molar-refractivity contribution is 0.415. The first kappa shape index (κ1) is 11.3. The molecule has 0 bridgehead atoms. The Morgan fingerprint density at radius 3 is 2.41 bits per heavy atom. The Morgan fingerprint density at radius 2 is 1.94 bits per heavy atom. The molecule has 1 aromatic heterocycles. The Kier molecular flexibility index (Phi) is 2.91. The molecule has 1 heterocycles. The smallest absolute Gasteiger partial charge is 0.178 e. The Balaban J connectivity index is 2.30. The number of nitrogen functional groups attached to an aromatic ring is 1. The highest BCUT2D eigenvalue weighted by atomic mass is 16.5. The third kappa shape index (κ3) is 2.18. The van der Waals surface area contributed by atoms with Gasteiger partial charge in [-0.3, -0.25) is 4.68 Å². The fourth-order valence-electron chi connectivity index (χ4n) is 1.68. The minimum Gasteiger partial charge on any atom is -0.497 e. The second kappa shape index (κ2) is 4.37. The predicted molar refractivity (Wildman–Crippen MR) is 68.7 cm³/mol. The zero-order chi connectivity index (χ0) is 12.4. The van der Waals surface area contributed by atoms with Crippen LogP contribution in [0.25, 0.3) is 0 Å². The van der Waals surface area contributed by atoms with Crippen LogP contribution in [0.1, 0.15) is 0 Å². The van der Waals surface area contributed by atoms with Crippen LogP contribution >= 0.6 is 0 Å². The van der Waals surface area contributed by atoms with Crippen molar-refractivity contribution >= 4 is 17.2 Å². The number of hydrogen-bond donors (Lipinski definition) is 1. The van der Waals surface area contributed by atoms with Gasteiger partial charge in [-0.1, -0.05) is 0 Å². The molecule has 2 N–H and O–H groups in total. The molecule has 0 spiro atoms. The van der Waals surface area contributed by atoms with Crippen molar-refractivity contribution < 1.29 is 4.74 Å². The molecule has 0 aliphatic heterocycles. The molecule has 1 aromatic carbocycles. The highest BCUT2D eigenvalue weighted by molar-refractivity contribution is 5.70. The highest BCUT2D eigenvalue weighted by Crippen LogP contribution is 2.28. The summed E-state index contributed by atoms with van der Waals surface area (Å²) in [6, 6.07) is 7.75.